The number of amides is 1. The number of para-hydroxylation sites is 1. The Kier molecular flexibility index (Phi) is 6.81. The zero-order valence-corrected chi connectivity index (χ0v) is 19.1. The maximum absolute atomic E-state index is 13.2. The number of rotatable bonds is 7. The van der Waals surface area contributed by atoms with Crippen LogP contribution in [0.1, 0.15) is 45.6 Å². The standard InChI is InChI=1S/C25H28N2O3S/c1-18-14-15-22(16-19(18)2)20(3)26-25(28)23-12-8-9-13-24(23)27(31(4,29)30)17-21-10-6-5-7-11-21/h5-16,20H,17H2,1-4H3,(H,26,28)/t20-/m1/s1. The van der Waals surface area contributed by atoms with Gasteiger partial charge in [0.05, 0.1) is 30.1 Å². The van der Waals surface area contributed by atoms with Crippen molar-refractivity contribution in [3.05, 3.63) is 101 Å². The van der Waals surface area contributed by atoms with Crippen LogP contribution in [0.3, 0.4) is 0 Å². The number of benzene rings is 3. The van der Waals surface area contributed by atoms with E-state index in [1.54, 1.807) is 24.3 Å². The van der Waals surface area contributed by atoms with E-state index in [2.05, 4.69) is 11.4 Å². The van der Waals surface area contributed by atoms with Gasteiger partial charge >= 0.3 is 0 Å². The molecule has 0 radical (unpaired) electrons. The van der Waals surface area contributed by atoms with Gasteiger partial charge in [-0.1, -0.05) is 60.7 Å². The molecule has 0 bridgehead atoms. The number of carbonyl (C=O) groups excluding carboxylic acids is 1. The van der Waals surface area contributed by atoms with Crippen LogP contribution in [0.5, 0.6) is 0 Å². The third kappa shape index (κ3) is 5.52. The van der Waals surface area contributed by atoms with Crippen LogP contribution in [0, 0.1) is 13.8 Å². The monoisotopic (exact) mass is 436 g/mol. The van der Waals surface area contributed by atoms with E-state index in [4.69, 9.17) is 0 Å². The predicted molar refractivity (Wildman–Crippen MR) is 126 cm³/mol. The largest absolute Gasteiger partial charge is 0.345 e. The second kappa shape index (κ2) is 9.35. The molecule has 0 saturated heterocycles. The van der Waals surface area contributed by atoms with Crippen molar-refractivity contribution in [3.8, 4) is 0 Å². The number of sulfonamides is 1. The number of aryl methyl sites for hydroxylation is 2. The van der Waals surface area contributed by atoms with Crippen LogP contribution in [0.2, 0.25) is 0 Å². The summed E-state index contributed by atoms with van der Waals surface area (Å²) in [7, 11) is -3.61. The molecule has 0 unspecified atom stereocenters. The van der Waals surface area contributed by atoms with Crippen LogP contribution in [-0.4, -0.2) is 20.6 Å². The Morgan fingerprint density at radius 3 is 2.23 bits per heavy atom. The van der Waals surface area contributed by atoms with E-state index in [0.717, 1.165) is 22.9 Å². The van der Waals surface area contributed by atoms with Crippen molar-refractivity contribution < 1.29 is 13.2 Å². The normalized spacial score (nSPS) is 12.3. The number of anilines is 1. The zero-order valence-electron chi connectivity index (χ0n) is 18.3. The summed E-state index contributed by atoms with van der Waals surface area (Å²) in [6, 6.07) is 22.0. The minimum absolute atomic E-state index is 0.149. The van der Waals surface area contributed by atoms with Gasteiger partial charge in [-0.2, -0.15) is 0 Å². The molecule has 1 atom stereocenters. The summed E-state index contributed by atoms with van der Waals surface area (Å²) >= 11 is 0. The van der Waals surface area contributed by atoms with E-state index in [1.165, 1.54) is 9.87 Å². The van der Waals surface area contributed by atoms with Gasteiger partial charge < -0.3 is 5.32 Å². The van der Waals surface area contributed by atoms with Crippen molar-refractivity contribution in [2.24, 2.45) is 0 Å². The number of nitrogens with one attached hydrogen (secondary N) is 1. The quantitative estimate of drug-likeness (QED) is 0.581. The van der Waals surface area contributed by atoms with Crippen molar-refractivity contribution in [2.45, 2.75) is 33.4 Å². The van der Waals surface area contributed by atoms with Crippen molar-refractivity contribution in [3.63, 3.8) is 0 Å². The summed E-state index contributed by atoms with van der Waals surface area (Å²) in [6.45, 7) is 6.15. The Morgan fingerprint density at radius 2 is 1.58 bits per heavy atom. The lowest BCUT2D eigenvalue weighted by molar-refractivity contribution is 0.0940. The molecule has 0 aromatic heterocycles. The van der Waals surface area contributed by atoms with E-state index in [-0.39, 0.29) is 18.5 Å². The minimum Gasteiger partial charge on any atom is -0.345 e. The zero-order chi connectivity index (χ0) is 22.6. The molecule has 5 nitrogen and oxygen atoms in total. The van der Waals surface area contributed by atoms with Gasteiger partial charge in [0, 0.05) is 0 Å². The third-order valence-electron chi connectivity index (χ3n) is 5.37. The Morgan fingerprint density at radius 1 is 0.935 bits per heavy atom. The highest BCUT2D eigenvalue weighted by atomic mass is 32.2. The summed E-state index contributed by atoms with van der Waals surface area (Å²) in [5, 5.41) is 3.01. The first-order valence-electron chi connectivity index (χ1n) is 10.2. The first-order valence-corrected chi connectivity index (χ1v) is 12.0. The van der Waals surface area contributed by atoms with Crippen molar-refractivity contribution in [2.75, 3.05) is 10.6 Å². The molecular weight excluding hydrogens is 408 g/mol. The summed E-state index contributed by atoms with van der Waals surface area (Å²) in [4.78, 5) is 13.2. The van der Waals surface area contributed by atoms with Gasteiger partial charge in [0.2, 0.25) is 10.0 Å². The van der Waals surface area contributed by atoms with Crippen LogP contribution >= 0.6 is 0 Å². The molecule has 0 fully saturated rings. The molecule has 6 heteroatoms. The summed E-state index contributed by atoms with van der Waals surface area (Å²) < 4.78 is 26.5. The Balaban J connectivity index is 1.91. The number of hydrogen-bond donors (Lipinski definition) is 1. The van der Waals surface area contributed by atoms with Crippen LogP contribution in [0.25, 0.3) is 0 Å². The van der Waals surface area contributed by atoms with Gasteiger partial charge in [-0.05, 0) is 55.2 Å². The van der Waals surface area contributed by atoms with Crippen molar-refractivity contribution in [1.29, 1.82) is 0 Å². The fourth-order valence-corrected chi connectivity index (χ4v) is 4.31. The predicted octanol–water partition coefficient (Wildman–Crippen LogP) is 4.76. The van der Waals surface area contributed by atoms with Crippen LogP contribution in [0.15, 0.2) is 72.8 Å². The number of nitrogens with zero attached hydrogens (tertiary/aromatic N) is 1. The minimum atomic E-state index is -3.61. The second-order valence-electron chi connectivity index (χ2n) is 7.81. The Hall–Kier alpha value is -3.12. The number of hydrogen-bond acceptors (Lipinski definition) is 3. The fraction of sp³-hybridized carbons (Fsp3) is 0.240. The third-order valence-corrected chi connectivity index (χ3v) is 6.49. The molecule has 3 rings (SSSR count). The van der Waals surface area contributed by atoms with Gasteiger partial charge in [0.15, 0.2) is 0 Å². The molecule has 3 aromatic carbocycles. The van der Waals surface area contributed by atoms with Gasteiger partial charge in [-0.3, -0.25) is 9.10 Å². The molecule has 0 saturated carbocycles. The molecule has 0 aliphatic carbocycles. The Labute approximate surface area is 184 Å². The first kappa shape index (κ1) is 22.6. The Bertz CT molecular complexity index is 1170. The smallest absolute Gasteiger partial charge is 0.253 e. The molecular formula is C25H28N2O3S. The molecule has 0 aliphatic rings. The van der Waals surface area contributed by atoms with Gasteiger partial charge in [-0.25, -0.2) is 8.42 Å². The summed E-state index contributed by atoms with van der Waals surface area (Å²) in [6.07, 6.45) is 1.16. The van der Waals surface area contributed by atoms with Crippen LogP contribution in [-0.2, 0) is 16.6 Å². The highest BCUT2D eigenvalue weighted by molar-refractivity contribution is 7.92. The highest BCUT2D eigenvalue weighted by Crippen LogP contribution is 2.26. The summed E-state index contributed by atoms with van der Waals surface area (Å²) in [5.41, 5.74) is 4.87. The first-order chi connectivity index (χ1) is 14.7. The molecule has 162 valence electrons. The van der Waals surface area contributed by atoms with Gasteiger partial charge in [-0.15, -0.1) is 0 Å². The van der Waals surface area contributed by atoms with Crippen molar-refractivity contribution >= 4 is 21.6 Å². The lowest BCUT2D eigenvalue weighted by Gasteiger charge is -2.25. The van der Waals surface area contributed by atoms with E-state index < -0.39 is 10.0 Å². The van der Waals surface area contributed by atoms with E-state index in [0.29, 0.717) is 11.3 Å². The second-order valence-corrected chi connectivity index (χ2v) is 9.72. The molecule has 31 heavy (non-hydrogen) atoms. The van der Waals surface area contributed by atoms with E-state index >= 15 is 0 Å². The topological polar surface area (TPSA) is 66.5 Å². The molecule has 3 aromatic rings. The maximum atomic E-state index is 13.2. The SMILES string of the molecule is Cc1ccc([C@@H](C)NC(=O)c2ccccc2N(Cc2ccccc2)S(C)(=O)=O)cc1C. The lowest BCUT2D eigenvalue weighted by Crippen LogP contribution is -2.33. The fourth-order valence-electron chi connectivity index (χ4n) is 3.41. The molecule has 0 heterocycles. The van der Waals surface area contributed by atoms with Crippen LogP contribution < -0.4 is 9.62 Å². The highest BCUT2D eigenvalue weighted by Gasteiger charge is 2.24. The lowest BCUT2D eigenvalue weighted by atomic mass is 10.0. The summed E-state index contributed by atoms with van der Waals surface area (Å²) in [5.74, 6) is -0.317. The molecule has 0 aliphatic heterocycles. The number of carbonyl (C=O) groups is 1. The van der Waals surface area contributed by atoms with Gasteiger partial charge in [0.25, 0.3) is 5.91 Å². The average Bonchev–Trinajstić information content (AvgIpc) is 2.74. The molecule has 1 amide bonds. The average molecular weight is 437 g/mol. The van der Waals surface area contributed by atoms with Gasteiger partial charge in [0.1, 0.15) is 0 Å². The molecule has 1 N–H and O–H groups in total. The van der Waals surface area contributed by atoms with E-state index in [9.17, 15) is 13.2 Å². The van der Waals surface area contributed by atoms with Crippen LogP contribution in [0.4, 0.5) is 5.69 Å². The van der Waals surface area contributed by atoms with E-state index in [1.807, 2.05) is 63.2 Å². The molecule has 0 spiro atoms. The van der Waals surface area contributed by atoms with Crippen molar-refractivity contribution in [1.82, 2.24) is 5.32 Å². The maximum Gasteiger partial charge on any atom is 0.253 e.